The minimum Gasteiger partial charge on any atom is -0.478 e. The van der Waals surface area contributed by atoms with Crippen molar-refractivity contribution in [3.8, 4) is 0 Å². The van der Waals surface area contributed by atoms with Crippen LogP contribution in [0.2, 0.25) is 0 Å². The largest absolute Gasteiger partial charge is 0.478 e. The number of aromatic carboxylic acids is 1. The highest BCUT2D eigenvalue weighted by molar-refractivity contribution is 5.88. The number of ether oxygens (including phenoxy) is 1. The number of carboxylic acid groups (broad SMARTS) is 1. The molecule has 1 unspecified atom stereocenters. The Labute approximate surface area is 93.9 Å². The molecule has 0 amide bonds. The van der Waals surface area contributed by atoms with Crippen molar-refractivity contribution < 1.29 is 19.0 Å². The van der Waals surface area contributed by atoms with Crippen LogP contribution in [-0.2, 0) is 11.3 Å². The van der Waals surface area contributed by atoms with Crippen LogP contribution < -0.4 is 0 Å². The Morgan fingerprint density at radius 3 is 2.81 bits per heavy atom. The van der Waals surface area contributed by atoms with Gasteiger partial charge in [-0.2, -0.15) is 0 Å². The lowest BCUT2D eigenvalue weighted by molar-refractivity contribution is 0.0507. The van der Waals surface area contributed by atoms with E-state index in [9.17, 15) is 9.18 Å². The van der Waals surface area contributed by atoms with Crippen LogP contribution in [0.5, 0.6) is 0 Å². The van der Waals surface area contributed by atoms with Crippen LogP contribution >= 0.6 is 0 Å². The Balaban J connectivity index is 2.75. The summed E-state index contributed by atoms with van der Waals surface area (Å²) in [5.41, 5.74) is 0.351. The highest BCUT2D eigenvalue weighted by atomic mass is 19.1. The predicted octanol–water partition coefficient (Wildman–Crippen LogP) is 2.84. The van der Waals surface area contributed by atoms with E-state index in [-0.39, 0.29) is 11.7 Å². The van der Waals surface area contributed by atoms with Crippen LogP contribution in [0.3, 0.4) is 0 Å². The number of carbonyl (C=O) groups is 1. The molecule has 0 aliphatic heterocycles. The van der Waals surface area contributed by atoms with E-state index in [1.54, 1.807) is 0 Å². The van der Waals surface area contributed by atoms with E-state index < -0.39 is 11.8 Å². The summed E-state index contributed by atoms with van der Waals surface area (Å²) in [5.74, 6) is -1.98. The molecule has 0 aromatic heterocycles. The Bertz CT molecular complexity index is 377. The van der Waals surface area contributed by atoms with Crippen molar-refractivity contribution in [1.29, 1.82) is 0 Å². The molecule has 0 heterocycles. The van der Waals surface area contributed by atoms with E-state index in [4.69, 9.17) is 9.84 Å². The van der Waals surface area contributed by atoms with Gasteiger partial charge in [0.25, 0.3) is 0 Å². The quantitative estimate of drug-likeness (QED) is 0.839. The fraction of sp³-hybridized carbons (Fsp3) is 0.417. The maximum absolute atomic E-state index is 13.1. The van der Waals surface area contributed by atoms with Gasteiger partial charge in [-0.1, -0.05) is 13.0 Å². The molecule has 0 saturated heterocycles. The standard InChI is InChI=1S/C12H15FO3/c1-3-8(2)16-7-9-4-5-11(13)10(6-9)12(14)15/h4-6,8H,3,7H2,1-2H3,(H,14,15). The summed E-state index contributed by atoms with van der Waals surface area (Å²) in [6.45, 7) is 4.23. The second-order valence-electron chi connectivity index (χ2n) is 3.65. The van der Waals surface area contributed by atoms with Gasteiger partial charge < -0.3 is 9.84 Å². The Morgan fingerprint density at radius 1 is 1.56 bits per heavy atom. The van der Waals surface area contributed by atoms with Gasteiger partial charge in [-0.15, -0.1) is 0 Å². The van der Waals surface area contributed by atoms with Crippen LogP contribution in [0.1, 0.15) is 36.2 Å². The average Bonchev–Trinajstić information content (AvgIpc) is 2.27. The molecule has 0 fully saturated rings. The first-order chi connectivity index (χ1) is 7.54. The fourth-order valence-corrected chi connectivity index (χ4v) is 1.18. The zero-order valence-corrected chi connectivity index (χ0v) is 9.37. The molecule has 0 spiro atoms. The number of benzene rings is 1. The lowest BCUT2D eigenvalue weighted by Gasteiger charge is -2.10. The molecule has 88 valence electrons. The third-order valence-electron chi connectivity index (χ3n) is 2.37. The maximum Gasteiger partial charge on any atom is 0.338 e. The second kappa shape index (κ2) is 5.61. The molecule has 0 radical (unpaired) electrons. The topological polar surface area (TPSA) is 46.5 Å². The smallest absolute Gasteiger partial charge is 0.338 e. The SMILES string of the molecule is CCC(C)OCc1ccc(F)c(C(=O)O)c1. The van der Waals surface area contributed by atoms with Crippen molar-refractivity contribution in [2.75, 3.05) is 0 Å². The fourth-order valence-electron chi connectivity index (χ4n) is 1.18. The molecular weight excluding hydrogens is 211 g/mol. The molecule has 3 nitrogen and oxygen atoms in total. The summed E-state index contributed by atoms with van der Waals surface area (Å²) in [7, 11) is 0. The number of carboxylic acids is 1. The van der Waals surface area contributed by atoms with Gasteiger partial charge in [0.1, 0.15) is 5.82 Å². The van der Waals surface area contributed by atoms with Crippen LogP contribution in [0.25, 0.3) is 0 Å². The van der Waals surface area contributed by atoms with Gasteiger partial charge >= 0.3 is 5.97 Å². The van der Waals surface area contributed by atoms with Crippen LogP contribution in [0, 0.1) is 5.82 Å². The molecule has 4 heteroatoms. The Morgan fingerprint density at radius 2 is 2.25 bits per heavy atom. The maximum atomic E-state index is 13.1. The van der Waals surface area contributed by atoms with E-state index in [1.807, 2.05) is 13.8 Å². The van der Waals surface area contributed by atoms with Crippen molar-refractivity contribution in [3.63, 3.8) is 0 Å². The summed E-state index contributed by atoms with van der Waals surface area (Å²) >= 11 is 0. The summed E-state index contributed by atoms with van der Waals surface area (Å²) in [4.78, 5) is 10.7. The lowest BCUT2D eigenvalue weighted by Crippen LogP contribution is -2.07. The van der Waals surface area contributed by atoms with Gasteiger partial charge in [-0.05, 0) is 31.0 Å². The van der Waals surface area contributed by atoms with Crippen molar-refractivity contribution in [2.45, 2.75) is 33.0 Å². The molecule has 1 atom stereocenters. The summed E-state index contributed by atoms with van der Waals surface area (Å²) in [5, 5.41) is 8.73. The molecule has 1 N–H and O–H groups in total. The monoisotopic (exact) mass is 226 g/mol. The average molecular weight is 226 g/mol. The van der Waals surface area contributed by atoms with Gasteiger partial charge in [0.15, 0.2) is 0 Å². The number of hydrogen-bond donors (Lipinski definition) is 1. The normalized spacial score (nSPS) is 12.4. The molecule has 1 aromatic rings. The highest BCUT2D eigenvalue weighted by Crippen LogP contribution is 2.12. The van der Waals surface area contributed by atoms with Gasteiger partial charge in [0.2, 0.25) is 0 Å². The molecule has 16 heavy (non-hydrogen) atoms. The minimum absolute atomic E-state index is 0.110. The van der Waals surface area contributed by atoms with Crippen molar-refractivity contribution in [1.82, 2.24) is 0 Å². The molecule has 0 bridgehead atoms. The molecule has 0 aliphatic rings. The third kappa shape index (κ3) is 3.31. The van der Waals surface area contributed by atoms with Crippen LogP contribution in [0.15, 0.2) is 18.2 Å². The molecule has 0 saturated carbocycles. The van der Waals surface area contributed by atoms with Crippen molar-refractivity contribution in [2.24, 2.45) is 0 Å². The molecule has 0 aliphatic carbocycles. The summed E-state index contributed by atoms with van der Waals surface area (Å²) in [6.07, 6.45) is 0.991. The first kappa shape index (κ1) is 12.6. The number of halogens is 1. The lowest BCUT2D eigenvalue weighted by atomic mass is 10.1. The van der Waals surface area contributed by atoms with Crippen LogP contribution in [-0.4, -0.2) is 17.2 Å². The minimum atomic E-state index is -1.26. The molecular formula is C12H15FO3. The Kier molecular flexibility index (Phi) is 4.43. The zero-order chi connectivity index (χ0) is 12.1. The van der Waals surface area contributed by atoms with E-state index in [1.165, 1.54) is 12.1 Å². The van der Waals surface area contributed by atoms with Crippen molar-refractivity contribution >= 4 is 5.97 Å². The van der Waals surface area contributed by atoms with Gasteiger partial charge in [0.05, 0.1) is 18.3 Å². The van der Waals surface area contributed by atoms with Crippen molar-refractivity contribution in [3.05, 3.63) is 35.1 Å². The number of hydrogen-bond acceptors (Lipinski definition) is 2. The molecule has 1 rings (SSSR count). The predicted molar refractivity (Wildman–Crippen MR) is 57.9 cm³/mol. The van der Waals surface area contributed by atoms with E-state index in [0.29, 0.717) is 12.2 Å². The number of rotatable bonds is 5. The van der Waals surface area contributed by atoms with Gasteiger partial charge in [-0.3, -0.25) is 0 Å². The summed E-state index contributed by atoms with van der Waals surface area (Å²) in [6, 6.07) is 3.99. The van der Waals surface area contributed by atoms with E-state index in [0.717, 1.165) is 12.5 Å². The van der Waals surface area contributed by atoms with Gasteiger partial charge in [-0.25, -0.2) is 9.18 Å². The zero-order valence-electron chi connectivity index (χ0n) is 9.37. The highest BCUT2D eigenvalue weighted by Gasteiger charge is 2.11. The van der Waals surface area contributed by atoms with Crippen LogP contribution in [0.4, 0.5) is 4.39 Å². The van der Waals surface area contributed by atoms with Gasteiger partial charge in [0, 0.05) is 0 Å². The third-order valence-corrected chi connectivity index (χ3v) is 2.37. The van der Waals surface area contributed by atoms with E-state index >= 15 is 0 Å². The second-order valence-corrected chi connectivity index (χ2v) is 3.65. The van der Waals surface area contributed by atoms with E-state index in [2.05, 4.69) is 0 Å². The summed E-state index contributed by atoms with van der Waals surface area (Å²) < 4.78 is 18.5. The Hall–Kier alpha value is -1.42. The first-order valence-corrected chi connectivity index (χ1v) is 5.18. The molecule has 1 aromatic carbocycles. The first-order valence-electron chi connectivity index (χ1n) is 5.18.